The van der Waals surface area contributed by atoms with E-state index < -0.39 is 0 Å². The molecule has 28 heavy (non-hydrogen) atoms. The number of amides is 1. The second-order valence-electron chi connectivity index (χ2n) is 6.18. The lowest BCUT2D eigenvalue weighted by atomic mass is 10.2. The molecule has 1 aromatic carbocycles. The Morgan fingerprint density at radius 1 is 1.32 bits per heavy atom. The van der Waals surface area contributed by atoms with Gasteiger partial charge in [0.15, 0.2) is 11.0 Å². The van der Waals surface area contributed by atoms with Crippen LogP contribution in [0, 0.1) is 12.7 Å². The Bertz CT molecular complexity index is 940. The summed E-state index contributed by atoms with van der Waals surface area (Å²) in [5, 5.41) is 14.0. The third kappa shape index (κ3) is 4.90. The van der Waals surface area contributed by atoms with Gasteiger partial charge in [-0.05, 0) is 55.1 Å². The summed E-state index contributed by atoms with van der Waals surface area (Å²) in [6, 6.07) is 7.58. The van der Waals surface area contributed by atoms with Crippen LogP contribution in [0.15, 0.2) is 40.9 Å². The first-order valence-corrected chi connectivity index (χ1v) is 10.6. The van der Waals surface area contributed by atoms with E-state index in [0.29, 0.717) is 28.8 Å². The Morgan fingerprint density at radius 3 is 2.75 bits per heavy atom. The molecule has 2 heterocycles. The zero-order chi connectivity index (χ0) is 20.1. The molecule has 0 aliphatic heterocycles. The summed E-state index contributed by atoms with van der Waals surface area (Å²) in [6.45, 7) is 4.26. The first-order valence-electron chi connectivity index (χ1n) is 8.71. The van der Waals surface area contributed by atoms with Crippen LogP contribution in [-0.2, 0) is 7.05 Å². The highest BCUT2D eigenvalue weighted by atomic mass is 32.2. The SMILES string of the molecule is Cc1ccsc1C(=O)NC(C)c1nnc(SCCOc2ccc(F)cc2)n1C. The predicted octanol–water partition coefficient (Wildman–Crippen LogP) is 3.99. The van der Waals surface area contributed by atoms with Gasteiger partial charge in [0.25, 0.3) is 5.91 Å². The molecular weight excluding hydrogens is 399 g/mol. The number of nitrogens with zero attached hydrogens (tertiary/aromatic N) is 3. The maximum atomic E-state index is 12.9. The fourth-order valence-corrected chi connectivity index (χ4v) is 4.15. The first kappa shape index (κ1) is 20.3. The molecule has 0 fully saturated rings. The van der Waals surface area contributed by atoms with Crippen LogP contribution in [0.25, 0.3) is 0 Å². The molecule has 3 rings (SSSR count). The van der Waals surface area contributed by atoms with Crippen molar-refractivity contribution < 1.29 is 13.9 Å². The molecule has 1 N–H and O–H groups in total. The number of carbonyl (C=O) groups is 1. The number of thioether (sulfide) groups is 1. The molecule has 2 aromatic heterocycles. The summed E-state index contributed by atoms with van der Waals surface area (Å²) in [5.41, 5.74) is 0.963. The number of hydrogen-bond donors (Lipinski definition) is 1. The smallest absolute Gasteiger partial charge is 0.262 e. The van der Waals surface area contributed by atoms with Gasteiger partial charge in [0, 0.05) is 12.8 Å². The molecule has 3 aromatic rings. The number of aryl methyl sites for hydroxylation is 1. The van der Waals surface area contributed by atoms with Crippen LogP contribution in [0.2, 0.25) is 0 Å². The average molecular weight is 421 g/mol. The van der Waals surface area contributed by atoms with Gasteiger partial charge in [-0.2, -0.15) is 0 Å². The van der Waals surface area contributed by atoms with Crippen LogP contribution in [0.5, 0.6) is 5.75 Å². The minimum atomic E-state index is -0.288. The minimum Gasteiger partial charge on any atom is -0.493 e. The fraction of sp³-hybridized carbons (Fsp3) is 0.316. The molecule has 6 nitrogen and oxygen atoms in total. The molecule has 0 radical (unpaired) electrons. The van der Waals surface area contributed by atoms with Gasteiger partial charge in [0.1, 0.15) is 11.6 Å². The van der Waals surface area contributed by atoms with Crippen LogP contribution in [0.4, 0.5) is 4.39 Å². The number of benzene rings is 1. The summed E-state index contributed by atoms with van der Waals surface area (Å²) < 4.78 is 20.3. The second-order valence-corrected chi connectivity index (χ2v) is 8.16. The van der Waals surface area contributed by atoms with Crippen LogP contribution in [-0.4, -0.2) is 33.0 Å². The Morgan fingerprint density at radius 2 is 2.07 bits per heavy atom. The van der Waals surface area contributed by atoms with Gasteiger partial charge in [0.2, 0.25) is 0 Å². The van der Waals surface area contributed by atoms with Gasteiger partial charge < -0.3 is 14.6 Å². The third-order valence-corrected chi connectivity index (χ3v) is 6.07. The van der Waals surface area contributed by atoms with Crippen molar-refractivity contribution in [2.24, 2.45) is 7.05 Å². The monoisotopic (exact) mass is 420 g/mol. The summed E-state index contributed by atoms with van der Waals surface area (Å²) in [4.78, 5) is 13.1. The Balaban J connectivity index is 1.52. The molecule has 9 heteroatoms. The standard InChI is InChI=1S/C19H21FN4O2S2/c1-12-8-10-27-16(12)18(25)21-13(2)17-22-23-19(24(17)3)28-11-9-26-15-6-4-14(20)5-7-15/h4-8,10,13H,9,11H2,1-3H3,(H,21,25). The van der Waals surface area contributed by atoms with Crippen molar-refractivity contribution in [1.29, 1.82) is 0 Å². The van der Waals surface area contributed by atoms with E-state index in [0.717, 1.165) is 10.7 Å². The molecule has 0 saturated heterocycles. The molecular formula is C19H21FN4O2S2. The summed E-state index contributed by atoms with van der Waals surface area (Å²) in [5.74, 6) is 1.58. The zero-order valence-corrected chi connectivity index (χ0v) is 17.4. The topological polar surface area (TPSA) is 69.0 Å². The zero-order valence-electron chi connectivity index (χ0n) is 15.8. The Labute approximate surface area is 171 Å². The van der Waals surface area contributed by atoms with E-state index in [1.54, 1.807) is 12.1 Å². The van der Waals surface area contributed by atoms with Crippen LogP contribution in [0.1, 0.15) is 34.0 Å². The number of nitrogens with one attached hydrogen (secondary N) is 1. The lowest BCUT2D eigenvalue weighted by Crippen LogP contribution is -2.28. The van der Waals surface area contributed by atoms with E-state index in [4.69, 9.17) is 4.74 Å². The minimum absolute atomic E-state index is 0.107. The summed E-state index contributed by atoms with van der Waals surface area (Å²) in [6.07, 6.45) is 0. The van der Waals surface area contributed by atoms with Crippen molar-refractivity contribution in [2.75, 3.05) is 12.4 Å². The number of aromatic nitrogens is 3. The Kier molecular flexibility index (Phi) is 6.69. The van der Waals surface area contributed by atoms with Gasteiger partial charge in [0.05, 0.1) is 17.5 Å². The highest BCUT2D eigenvalue weighted by Gasteiger charge is 2.19. The van der Waals surface area contributed by atoms with Crippen molar-refractivity contribution in [2.45, 2.75) is 25.0 Å². The molecule has 148 valence electrons. The molecule has 1 amide bonds. The molecule has 0 spiro atoms. The van der Waals surface area contributed by atoms with Gasteiger partial charge >= 0.3 is 0 Å². The largest absolute Gasteiger partial charge is 0.493 e. The van der Waals surface area contributed by atoms with E-state index in [1.807, 2.05) is 36.9 Å². The van der Waals surface area contributed by atoms with Gasteiger partial charge in [-0.1, -0.05) is 11.8 Å². The second kappa shape index (κ2) is 9.20. The number of halogens is 1. The van der Waals surface area contributed by atoms with E-state index in [1.165, 1.54) is 35.2 Å². The predicted molar refractivity (Wildman–Crippen MR) is 109 cm³/mol. The van der Waals surface area contributed by atoms with Crippen molar-refractivity contribution in [3.63, 3.8) is 0 Å². The average Bonchev–Trinajstić information content (AvgIpc) is 3.26. The highest BCUT2D eigenvalue weighted by Crippen LogP contribution is 2.21. The van der Waals surface area contributed by atoms with E-state index in [2.05, 4.69) is 15.5 Å². The van der Waals surface area contributed by atoms with Gasteiger partial charge in [-0.25, -0.2) is 4.39 Å². The van der Waals surface area contributed by atoms with Crippen LogP contribution in [0.3, 0.4) is 0 Å². The number of carbonyl (C=O) groups excluding carboxylic acids is 1. The number of ether oxygens (including phenoxy) is 1. The third-order valence-electron chi connectivity index (χ3n) is 4.07. The number of thiophene rings is 1. The van der Waals surface area contributed by atoms with E-state index in [-0.39, 0.29) is 17.8 Å². The summed E-state index contributed by atoms with van der Waals surface area (Å²) >= 11 is 2.93. The van der Waals surface area contributed by atoms with Crippen molar-refractivity contribution in [3.05, 3.63) is 57.8 Å². The lowest BCUT2D eigenvalue weighted by molar-refractivity contribution is 0.0941. The van der Waals surface area contributed by atoms with Crippen molar-refractivity contribution in [3.8, 4) is 5.75 Å². The number of rotatable bonds is 8. The fourth-order valence-electron chi connectivity index (χ4n) is 2.58. The quantitative estimate of drug-likeness (QED) is 0.441. The maximum Gasteiger partial charge on any atom is 0.262 e. The Hall–Kier alpha value is -2.39. The van der Waals surface area contributed by atoms with Crippen LogP contribution < -0.4 is 10.1 Å². The van der Waals surface area contributed by atoms with Crippen molar-refractivity contribution >= 4 is 29.0 Å². The highest BCUT2D eigenvalue weighted by molar-refractivity contribution is 7.99. The summed E-state index contributed by atoms with van der Waals surface area (Å²) in [7, 11) is 1.87. The maximum absolute atomic E-state index is 12.9. The number of hydrogen-bond acceptors (Lipinski definition) is 6. The first-order chi connectivity index (χ1) is 13.5. The van der Waals surface area contributed by atoms with Gasteiger partial charge in [-0.3, -0.25) is 4.79 Å². The molecule has 0 bridgehead atoms. The van der Waals surface area contributed by atoms with Gasteiger partial charge in [-0.15, -0.1) is 21.5 Å². The van der Waals surface area contributed by atoms with Crippen LogP contribution >= 0.6 is 23.1 Å². The normalized spacial score (nSPS) is 12.0. The molecule has 0 aliphatic carbocycles. The molecule has 1 atom stereocenters. The van der Waals surface area contributed by atoms with Crippen molar-refractivity contribution in [1.82, 2.24) is 20.1 Å². The van der Waals surface area contributed by atoms with E-state index >= 15 is 0 Å². The molecule has 0 saturated carbocycles. The molecule has 0 aliphatic rings. The van der Waals surface area contributed by atoms with E-state index in [9.17, 15) is 9.18 Å². The molecule has 1 unspecified atom stereocenters. The lowest BCUT2D eigenvalue weighted by Gasteiger charge is -2.13.